The van der Waals surface area contributed by atoms with E-state index in [0.717, 1.165) is 47.8 Å². The molecule has 0 radical (unpaired) electrons. The van der Waals surface area contributed by atoms with Crippen LogP contribution in [0.3, 0.4) is 0 Å². The van der Waals surface area contributed by atoms with Gasteiger partial charge in [0.25, 0.3) is 0 Å². The van der Waals surface area contributed by atoms with E-state index in [9.17, 15) is 0 Å². The molecule has 1 saturated carbocycles. The van der Waals surface area contributed by atoms with Crippen LogP contribution in [0, 0.1) is 11.7 Å². The van der Waals surface area contributed by atoms with E-state index in [2.05, 4.69) is 31.2 Å². The van der Waals surface area contributed by atoms with Crippen LogP contribution in [0.2, 0.25) is 0 Å². The van der Waals surface area contributed by atoms with Gasteiger partial charge < -0.3 is 4.74 Å². The van der Waals surface area contributed by atoms with Gasteiger partial charge in [0.15, 0.2) is 0 Å². The molecular weight excluding hydrogens is 455 g/mol. The molecule has 1 nitrogen and oxygen atoms in total. The van der Waals surface area contributed by atoms with E-state index < -0.39 is 0 Å². The highest BCUT2D eigenvalue weighted by molar-refractivity contribution is 5.71. The zero-order valence-corrected chi connectivity index (χ0v) is 22.8. The number of ether oxygens (including phenoxy) is 1. The maximum Gasteiger partial charge on any atom is 0.131 e. The first-order valence-electron chi connectivity index (χ1n) is 14.8. The Morgan fingerprint density at radius 1 is 0.703 bits per heavy atom. The van der Waals surface area contributed by atoms with Crippen molar-refractivity contribution in [2.75, 3.05) is 6.61 Å². The monoisotopic (exact) mass is 500 g/mol. The van der Waals surface area contributed by atoms with Crippen molar-refractivity contribution >= 4 is 0 Å². The lowest BCUT2D eigenvalue weighted by Gasteiger charge is -2.10. The van der Waals surface area contributed by atoms with Gasteiger partial charge in [0.2, 0.25) is 0 Å². The SMILES string of the molecule is CCCCCCCc1ccc(-c2ccc(-c3ccc(OCCCCCC4CCCC4)cc3)c(F)c2)cc1. The third-order valence-corrected chi connectivity index (χ3v) is 7.99. The molecule has 4 rings (SSSR count). The molecule has 37 heavy (non-hydrogen) atoms. The van der Waals surface area contributed by atoms with Crippen molar-refractivity contribution in [3.63, 3.8) is 0 Å². The molecule has 198 valence electrons. The molecule has 0 spiro atoms. The lowest BCUT2D eigenvalue weighted by molar-refractivity contribution is 0.302. The largest absolute Gasteiger partial charge is 0.494 e. The van der Waals surface area contributed by atoms with Crippen LogP contribution in [-0.4, -0.2) is 6.61 Å². The topological polar surface area (TPSA) is 9.23 Å². The summed E-state index contributed by atoms with van der Waals surface area (Å²) >= 11 is 0. The fraction of sp³-hybridized carbons (Fsp3) is 0.486. The molecule has 0 aliphatic heterocycles. The predicted octanol–water partition coefficient (Wildman–Crippen LogP) is 10.8. The van der Waals surface area contributed by atoms with E-state index >= 15 is 4.39 Å². The molecule has 0 bridgehead atoms. The van der Waals surface area contributed by atoms with E-state index in [-0.39, 0.29) is 5.82 Å². The van der Waals surface area contributed by atoms with Crippen LogP contribution in [0.5, 0.6) is 5.75 Å². The second-order valence-corrected chi connectivity index (χ2v) is 10.9. The first-order chi connectivity index (χ1) is 18.2. The standard InChI is InChI=1S/C35H45FO/c1-2-3-4-5-7-13-29-16-18-30(19-17-29)32-22-25-34(35(36)27-32)31-20-23-33(24-21-31)37-26-11-6-8-12-28-14-9-10-15-28/h16-25,27-28H,2-15,26H2,1H3. The van der Waals surface area contributed by atoms with Crippen molar-refractivity contribution in [3.8, 4) is 28.0 Å². The van der Waals surface area contributed by atoms with Crippen molar-refractivity contribution < 1.29 is 9.13 Å². The number of unbranched alkanes of at least 4 members (excludes halogenated alkanes) is 6. The van der Waals surface area contributed by atoms with E-state index in [0.29, 0.717) is 5.56 Å². The normalized spacial score (nSPS) is 13.8. The lowest BCUT2D eigenvalue weighted by Crippen LogP contribution is -1.98. The van der Waals surface area contributed by atoms with Crippen molar-refractivity contribution in [1.82, 2.24) is 0 Å². The van der Waals surface area contributed by atoms with Gasteiger partial charge in [0, 0.05) is 5.56 Å². The maximum atomic E-state index is 15.1. The van der Waals surface area contributed by atoms with Gasteiger partial charge >= 0.3 is 0 Å². The Hall–Kier alpha value is -2.61. The Labute approximate surface area is 224 Å². The van der Waals surface area contributed by atoms with Crippen LogP contribution in [0.1, 0.15) is 96.0 Å². The van der Waals surface area contributed by atoms with E-state index in [4.69, 9.17) is 4.74 Å². The summed E-state index contributed by atoms with van der Waals surface area (Å²) in [5, 5.41) is 0. The molecule has 0 atom stereocenters. The minimum atomic E-state index is -0.187. The van der Waals surface area contributed by atoms with Gasteiger partial charge in [0.1, 0.15) is 11.6 Å². The predicted molar refractivity (Wildman–Crippen MR) is 156 cm³/mol. The molecule has 0 unspecified atom stereocenters. The Balaban J connectivity index is 1.23. The third kappa shape index (κ3) is 8.73. The number of benzene rings is 3. The van der Waals surface area contributed by atoms with E-state index in [1.165, 1.54) is 82.6 Å². The highest BCUT2D eigenvalue weighted by atomic mass is 19.1. The molecule has 3 aromatic carbocycles. The van der Waals surface area contributed by atoms with Gasteiger partial charge in [-0.15, -0.1) is 0 Å². The molecule has 0 saturated heterocycles. The molecule has 0 aromatic heterocycles. The number of halogens is 1. The Morgan fingerprint density at radius 3 is 2.11 bits per heavy atom. The van der Waals surface area contributed by atoms with Crippen molar-refractivity contribution in [2.24, 2.45) is 5.92 Å². The average Bonchev–Trinajstić information content (AvgIpc) is 3.45. The average molecular weight is 501 g/mol. The summed E-state index contributed by atoms with van der Waals surface area (Å²) in [5.41, 5.74) is 4.86. The van der Waals surface area contributed by atoms with E-state index in [1.54, 1.807) is 6.07 Å². The molecule has 1 aliphatic carbocycles. The van der Waals surface area contributed by atoms with Crippen LogP contribution >= 0.6 is 0 Å². The highest BCUT2D eigenvalue weighted by Gasteiger charge is 2.14. The zero-order chi connectivity index (χ0) is 25.7. The van der Waals surface area contributed by atoms with Gasteiger partial charge in [-0.1, -0.05) is 126 Å². The maximum absolute atomic E-state index is 15.1. The third-order valence-electron chi connectivity index (χ3n) is 7.99. The van der Waals surface area contributed by atoms with Crippen LogP contribution in [0.25, 0.3) is 22.3 Å². The molecular formula is C35H45FO. The molecule has 3 aromatic rings. The lowest BCUT2D eigenvalue weighted by atomic mass is 9.98. The molecule has 0 amide bonds. The molecule has 2 heteroatoms. The first kappa shape index (κ1) is 27.4. The zero-order valence-electron chi connectivity index (χ0n) is 22.8. The summed E-state index contributed by atoms with van der Waals surface area (Å²) in [6, 6.07) is 22.0. The Bertz CT molecular complexity index is 1050. The number of rotatable bonds is 15. The summed E-state index contributed by atoms with van der Waals surface area (Å²) in [6.45, 7) is 3.00. The van der Waals surface area contributed by atoms with Crippen LogP contribution in [-0.2, 0) is 6.42 Å². The fourth-order valence-corrected chi connectivity index (χ4v) is 5.66. The van der Waals surface area contributed by atoms with Gasteiger partial charge in [-0.2, -0.15) is 0 Å². The van der Waals surface area contributed by atoms with Gasteiger partial charge in [-0.05, 0) is 65.6 Å². The van der Waals surface area contributed by atoms with Gasteiger partial charge in [-0.25, -0.2) is 4.39 Å². The first-order valence-corrected chi connectivity index (χ1v) is 14.8. The van der Waals surface area contributed by atoms with Crippen molar-refractivity contribution in [2.45, 2.75) is 96.8 Å². The second-order valence-electron chi connectivity index (χ2n) is 10.9. The highest BCUT2D eigenvalue weighted by Crippen LogP contribution is 2.30. The van der Waals surface area contributed by atoms with Crippen LogP contribution in [0.15, 0.2) is 66.7 Å². The molecule has 0 heterocycles. The van der Waals surface area contributed by atoms with E-state index in [1.807, 2.05) is 36.4 Å². The minimum absolute atomic E-state index is 0.187. The summed E-state index contributed by atoms with van der Waals surface area (Å²) < 4.78 is 21.0. The Kier molecular flexibility index (Phi) is 11.1. The summed E-state index contributed by atoms with van der Waals surface area (Å²) in [7, 11) is 0. The van der Waals surface area contributed by atoms with Crippen LogP contribution < -0.4 is 4.74 Å². The fourth-order valence-electron chi connectivity index (χ4n) is 5.66. The van der Waals surface area contributed by atoms with Gasteiger partial charge in [-0.3, -0.25) is 0 Å². The second kappa shape index (κ2) is 15.0. The molecule has 1 aliphatic rings. The minimum Gasteiger partial charge on any atom is -0.494 e. The summed E-state index contributed by atoms with van der Waals surface area (Å²) in [5.74, 6) is 1.66. The van der Waals surface area contributed by atoms with Crippen molar-refractivity contribution in [3.05, 3.63) is 78.1 Å². The smallest absolute Gasteiger partial charge is 0.131 e. The summed E-state index contributed by atoms with van der Waals surface area (Å²) in [6.07, 6.45) is 18.4. The molecule has 0 N–H and O–H groups in total. The van der Waals surface area contributed by atoms with Crippen LogP contribution in [0.4, 0.5) is 4.39 Å². The number of aryl methyl sites for hydroxylation is 1. The van der Waals surface area contributed by atoms with Gasteiger partial charge in [0.05, 0.1) is 6.61 Å². The number of hydrogen-bond donors (Lipinski definition) is 0. The quantitative estimate of drug-likeness (QED) is 0.189. The number of hydrogen-bond acceptors (Lipinski definition) is 1. The summed E-state index contributed by atoms with van der Waals surface area (Å²) in [4.78, 5) is 0. The molecule has 1 fully saturated rings. The van der Waals surface area contributed by atoms with Crippen molar-refractivity contribution in [1.29, 1.82) is 0 Å². The Morgan fingerprint density at radius 2 is 1.38 bits per heavy atom.